The minimum atomic E-state index is -0.972. The lowest BCUT2D eigenvalue weighted by Gasteiger charge is -2.26. The molecule has 2 aliphatic rings. The second-order valence-electron chi connectivity index (χ2n) is 10.9. The molecule has 8 nitrogen and oxygen atoms in total. The van der Waals surface area contributed by atoms with Gasteiger partial charge in [0.25, 0.3) is 5.91 Å². The molecule has 0 aliphatic carbocycles. The number of fused-ring (bicyclic) bond motifs is 1. The van der Waals surface area contributed by atoms with Crippen molar-refractivity contribution in [3.63, 3.8) is 0 Å². The van der Waals surface area contributed by atoms with E-state index >= 15 is 0 Å². The topological polar surface area (TPSA) is 105 Å². The monoisotopic (exact) mass is 639 g/mol. The van der Waals surface area contributed by atoms with E-state index in [4.69, 9.17) is 32.5 Å². The van der Waals surface area contributed by atoms with Crippen molar-refractivity contribution in [2.45, 2.75) is 6.42 Å². The highest BCUT2D eigenvalue weighted by atomic mass is 32.2. The summed E-state index contributed by atoms with van der Waals surface area (Å²) in [6.45, 7) is 4.87. The smallest absolute Gasteiger partial charge is 0.335 e. The van der Waals surface area contributed by atoms with Crippen LogP contribution in [0.1, 0.15) is 21.5 Å². The third-order valence-electron chi connectivity index (χ3n) is 7.99. The Hall–Kier alpha value is -4.22. The summed E-state index contributed by atoms with van der Waals surface area (Å²) in [6, 6.07) is 24.8. The molecule has 1 amide bonds. The van der Waals surface area contributed by atoms with E-state index in [1.54, 1.807) is 29.2 Å². The number of rotatable bonds is 10. The normalized spacial score (nSPS) is 16.5. The predicted octanol–water partition coefficient (Wildman–Crippen LogP) is 5.94. The molecule has 0 spiro atoms. The Labute approximate surface area is 271 Å². The van der Waals surface area contributed by atoms with Crippen molar-refractivity contribution in [3.05, 3.63) is 100 Å². The number of nitrogen functional groups attached to an aromatic ring is 1. The lowest BCUT2D eigenvalue weighted by molar-refractivity contribution is -0.122. The highest BCUT2D eigenvalue weighted by Gasteiger charge is 2.32. The Morgan fingerprint density at radius 2 is 1.73 bits per heavy atom. The fraction of sp³-hybridized carbons (Fsp3) is 0.229. The van der Waals surface area contributed by atoms with Gasteiger partial charge in [0.2, 0.25) is 0 Å². The van der Waals surface area contributed by atoms with Crippen molar-refractivity contribution in [3.8, 4) is 16.9 Å². The van der Waals surface area contributed by atoms with E-state index in [-0.39, 0.29) is 11.5 Å². The quantitative estimate of drug-likeness (QED) is 0.124. The molecule has 0 aromatic heterocycles. The van der Waals surface area contributed by atoms with Crippen LogP contribution in [0, 0.1) is 0 Å². The van der Waals surface area contributed by atoms with E-state index in [0.29, 0.717) is 40.2 Å². The largest absolute Gasteiger partial charge is 0.492 e. The van der Waals surface area contributed by atoms with Crippen LogP contribution in [0.25, 0.3) is 28.0 Å². The molecule has 45 heavy (non-hydrogen) atoms. The number of hydrogen-bond acceptors (Lipinski definition) is 8. The fourth-order valence-electron chi connectivity index (χ4n) is 5.47. The molecule has 0 radical (unpaired) electrons. The molecule has 0 unspecified atom stereocenters. The second-order valence-corrected chi connectivity index (χ2v) is 12.6. The first kappa shape index (κ1) is 30.8. The molecule has 2 heterocycles. The fourth-order valence-corrected chi connectivity index (χ4v) is 6.77. The molecule has 0 bridgehead atoms. The second kappa shape index (κ2) is 13.8. The maximum absolute atomic E-state index is 13.6. The van der Waals surface area contributed by atoms with E-state index in [9.17, 15) is 9.59 Å². The zero-order chi connectivity index (χ0) is 31.3. The summed E-state index contributed by atoms with van der Waals surface area (Å²) in [6.07, 6.45) is 2.40. The standard InChI is InChI=1S/C35H33N3O5S2/c36-30-21-26-4-2-1-3-25(26)20-29(30)27-9-10-31(43-18-15-37-13-16-42-17-14-37)28(19-27)22-32-33(39)38(35(44)45-32)12-11-23-5-7-24(8-6-23)34(40)41/h1-10,19-22H,11-18,36H2,(H,40,41)/b32-22-. The highest BCUT2D eigenvalue weighted by molar-refractivity contribution is 8.26. The van der Waals surface area contributed by atoms with Crippen molar-refractivity contribution in [2.24, 2.45) is 0 Å². The number of anilines is 1. The number of carbonyl (C=O) groups excluding carboxylic acids is 1. The summed E-state index contributed by atoms with van der Waals surface area (Å²) < 4.78 is 12.2. The molecule has 0 saturated carbocycles. The van der Waals surface area contributed by atoms with Crippen molar-refractivity contribution in [1.82, 2.24) is 9.80 Å². The third kappa shape index (κ3) is 7.20. The van der Waals surface area contributed by atoms with Gasteiger partial charge in [-0.2, -0.15) is 0 Å². The van der Waals surface area contributed by atoms with E-state index in [1.807, 2.05) is 48.5 Å². The number of nitrogens with zero attached hydrogens (tertiary/aromatic N) is 2. The van der Waals surface area contributed by atoms with Crippen LogP contribution >= 0.6 is 24.0 Å². The van der Waals surface area contributed by atoms with Gasteiger partial charge in [-0.25, -0.2) is 4.79 Å². The third-order valence-corrected chi connectivity index (χ3v) is 9.37. The minimum Gasteiger partial charge on any atom is -0.492 e. The minimum absolute atomic E-state index is 0.165. The van der Waals surface area contributed by atoms with Crippen molar-refractivity contribution in [1.29, 1.82) is 0 Å². The number of hydrogen-bond donors (Lipinski definition) is 2. The van der Waals surface area contributed by atoms with Crippen molar-refractivity contribution in [2.75, 3.05) is 51.7 Å². The van der Waals surface area contributed by atoms with E-state index in [2.05, 4.69) is 17.0 Å². The summed E-state index contributed by atoms with van der Waals surface area (Å²) in [7, 11) is 0. The van der Waals surface area contributed by atoms with Gasteiger partial charge >= 0.3 is 5.97 Å². The Morgan fingerprint density at radius 1 is 1.00 bits per heavy atom. The SMILES string of the molecule is Nc1cc2ccccc2cc1-c1ccc(OCCN2CCOCC2)c(/C=C2\SC(=S)N(CCc3ccc(C(=O)O)cc3)C2=O)c1. The number of nitrogens with two attached hydrogens (primary N) is 1. The number of benzene rings is 4. The molecule has 2 saturated heterocycles. The molecular weight excluding hydrogens is 607 g/mol. The Bertz CT molecular complexity index is 1780. The van der Waals surface area contributed by atoms with E-state index in [0.717, 1.165) is 65.9 Å². The van der Waals surface area contributed by atoms with Gasteiger partial charge in [-0.3, -0.25) is 14.6 Å². The van der Waals surface area contributed by atoms with E-state index < -0.39 is 5.97 Å². The lowest BCUT2D eigenvalue weighted by Crippen LogP contribution is -2.38. The van der Waals surface area contributed by atoms with Crippen molar-refractivity contribution >= 4 is 62.7 Å². The summed E-state index contributed by atoms with van der Waals surface area (Å²) in [5.74, 6) is -0.461. The van der Waals surface area contributed by atoms with Crippen LogP contribution in [0.2, 0.25) is 0 Å². The number of aromatic carboxylic acids is 1. The Kier molecular flexibility index (Phi) is 9.46. The molecule has 4 aromatic carbocycles. The Morgan fingerprint density at radius 3 is 2.47 bits per heavy atom. The van der Waals surface area contributed by atoms with E-state index in [1.165, 1.54) is 11.8 Å². The number of thioether (sulfide) groups is 1. The highest BCUT2D eigenvalue weighted by Crippen LogP contribution is 2.37. The molecule has 2 fully saturated rings. The maximum Gasteiger partial charge on any atom is 0.335 e. The molecule has 3 N–H and O–H groups in total. The van der Waals surface area contributed by atoms with Crippen LogP contribution in [-0.2, 0) is 16.0 Å². The first-order chi connectivity index (χ1) is 21.9. The molecule has 2 aliphatic heterocycles. The number of amides is 1. The number of thiocarbonyl (C=S) groups is 1. The number of carboxylic acids is 1. The van der Waals surface area contributed by atoms with Gasteiger partial charge < -0.3 is 20.3 Å². The lowest BCUT2D eigenvalue weighted by atomic mass is 9.97. The van der Waals surface area contributed by atoms with Crippen LogP contribution in [-0.4, -0.2) is 77.1 Å². The number of carbonyl (C=O) groups is 2. The van der Waals surface area contributed by atoms with Crippen LogP contribution < -0.4 is 10.5 Å². The zero-order valence-electron chi connectivity index (χ0n) is 24.6. The molecule has 0 atom stereocenters. The van der Waals surface area contributed by atoms with Crippen LogP contribution in [0.3, 0.4) is 0 Å². The van der Waals surface area contributed by atoms with Crippen LogP contribution in [0.5, 0.6) is 5.75 Å². The molecule has 6 rings (SSSR count). The first-order valence-corrected chi connectivity index (χ1v) is 16.0. The zero-order valence-corrected chi connectivity index (χ0v) is 26.2. The number of carboxylic acid groups (broad SMARTS) is 1. The predicted molar refractivity (Wildman–Crippen MR) is 184 cm³/mol. The average Bonchev–Trinajstić information content (AvgIpc) is 3.32. The molecular formula is C35H33N3O5S2. The van der Waals surface area contributed by atoms with Gasteiger partial charge in [0.1, 0.15) is 16.7 Å². The van der Waals surface area contributed by atoms with Gasteiger partial charge in [0.15, 0.2) is 0 Å². The molecule has 4 aromatic rings. The molecule has 230 valence electrons. The summed E-state index contributed by atoms with van der Waals surface area (Å²) >= 11 is 6.88. The Balaban J connectivity index is 1.26. The van der Waals surface area contributed by atoms with Crippen LogP contribution in [0.4, 0.5) is 5.69 Å². The van der Waals surface area contributed by atoms with Gasteiger partial charge in [0.05, 0.1) is 23.7 Å². The van der Waals surface area contributed by atoms with Crippen molar-refractivity contribution < 1.29 is 24.2 Å². The van der Waals surface area contributed by atoms with Gasteiger partial charge in [-0.05, 0) is 70.8 Å². The van der Waals surface area contributed by atoms with Crippen LogP contribution in [0.15, 0.2) is 83.8 Å². The summed E-state index contributed by atoms with van der Waals surface area (Å²) in [5.41, 5.74) is 10.9. The van der Waals surface area contributed by atoms with Gasteiger partial charge in [-0.15, -0.1) is 0 Å². The molecule has 10 heteroatoms. The average molecular weight is 640 g/mol. The summed E-state index contributed by atoms with van der Waals surface area (Å²) in [4.78, 5) is 29.2. The van der Waals surface area contributed by atoms with Gasteiger partial charge in [0, 0.05) is 43.0 Å². The number of morpholine rings is 1. The van der Waals surface area contributed by atoms with Gasteiger partial charge in [-0.1, -0.05) is 66.4 Å². The number of ether oxygens (including phenoxy) is 2. The summed E-state index contributed by atoms with van der Waals surface area (Å²) in [5, 5.41) is 11.3. The first-order valence-electron chi connectivity index (χ1n) is 14.8. The maximum atomic E-state index is 13.6.